The number of ether oxygens (including phenoxy) is 1. The number of esters is 1. The van der Waals surface area contributed by atoms with Crippen LogP contribution in [-0.2, 0) is 16.0 Å². The first-order valence-corrected chi connectivity index (χ1v) is 7.58. The van der Waals surface area contributed by atoms with E-state index in [1.807, 2.05) is 0 Å². The average Bonchev–Trinajstić information content (AvgIpc) is 2.50. The molecule has 1 atom stereocenters. The molecule has 0 saturated carbocycles. The van der Waals surface area contributed by atoms with E-state index in [4.69, 9.17) is 10.5 Å². The van der Waals surface area contributed by atoms with Gasteiger partial charge in [-0.05, 0) is 50.3 Å². The van der Waals surface area contributed by atoms with Gasteiger partial charge in [-0.2, -0.15) is 0 Å². The molecule has 0 radical (unpaired) electrons. The number of hydrogen-bond donors (Lipinski definition) is 1. The molecular formula is C17H28N2O2. The summed E-state index contributed by atoms with van der Waals surface area (Å²) in [4.78, 5) is 13.7. The number of rotatable bonds is 8. The fraction of sp³-hybridized carbons (Fsp3) is 0.588. The van der Waals surface area contributed by atoms with Crippen molar-refractivity contribution in [3.05, 3.63) is 29.8 Å². The quantitative estimate of drug-likeness (QED) is 0.591. The van der Waals surface area contributed by atoms with E-state index in [1.165, 1.54) is 18.4 Å². The maximum Gasteiger partial charge on any atom is 0.325 e. The Balaban J connectivity index is 2.36. The maximum atomic E-state index is 11.5. The minimum atomic E-state index is -0.879. The molecule has 0 bridgehead atoms. The molecule has 0 fully saturated rings. The highest BCUT2D eigenvalue weighted by atomic mass is 16.5. The SMILES string of the molecule is CCc1ccc(N(C)CCCCC(C)(N)C(=O)OC)cc1. The van der Waals surface area contributed by atoms with Gasteiger partial charge in [-0.3, -0.25) is 4.79 Å². The predicted octanol–water partition coefficient (Wildman–Crippen LogP) is 2.75. The van der Waals surface area contributed by atoms with Gasteiger partial charge in [0.2, 0.25) is 0 Å². The Morgan fingerprint density at radius 2 is 1.90 bits per heavy atom. The number of carbonyl (C=O) groups excluding carboxylic acids is 1. The summed E-state index contributed by atoms with van der Waals surface area (Å²) in [5.41, 5.74) is 7.63. The summed E-state index contributed by atoms with van der Waals surface area (Å²) in [7, 11) is 3.46. The van der Waals surface area contributed by atoms with Crippen molar-refractivity contribution in [3.8, 4) is 0 Å². The summed E-state index contributed by atoms with van der Waals surface area (Å²) in [5, 5.41) is 0. The summed E-state index contributed by atoms with van der Waals surface area (Å²) < 4.78 is 4.71. The van der Waals surface area contributed by atoms with Gasteiger partial charge in [-0.1, -0.05) is 19.1 Å². The van der Waals surface area contributed by atoms with Crippen LogP contribution < -0.4 is 10.6 Å². The summed E-state index contributed by atoms with van der Waals surface area (Å²) >= 11 is 0. The number of hydrogen-bond acceptors (Lipinski definition) is 4. The molecule has 4 heteroatoms. The number of carbonyl (C=O) groups is 1. The zero-order valence-corrected chi connectivity index (χ0v) is 13.7. The highest BCUT2D eigenvalue weighted by Crippen LogP contribution is 2.17. The first-order chi connectivity index (χ1) is 9.90. The van der Waals surface area contributed by atoms with E-state index in [1.54, 1.807) is 6.92 Å². The second-order valence-corrected chi connectivity index (χ2v) is 5.81. The van der Waals surface area contributed by atoms with Crippen LogP contribution in [0.2, 0.25) is 0 Å². The molecule has 118 valence electrons. The van der Waals surface area contributed by atoms with Gasteiger partial charge < -0.3 is 15.4 Å². The monoisotopic (exact) mass is 292 g/mol. The molecule has 21 heavy (non-hydrogen) atoms. The molecular weight excluding hydrogens is 264 g/mol. The Bertz CT molecular complexity index is 441. The van der Waals surface area contributed by atoms with Gasteiger partial charge in [0.1, 0.15) is 5.54 Å². The third-order valence-electron chi connectivity index (χ3n) is 3.88. The van der Waals surface area contributed by atoms with E-state index in [-0.39, 0.29) is 5.97 Å². The van der Waals surface area contributed by atoms with E-state index >= 15 is 0 Å². The molecule has 1 rings (SSSR count). The van der Waals surface area contributed by atoms with Crippen LogP contribution in [-0.4, -0.2) is 32.2 Å². The van der Waals surface area contributed by atoms with Crippen LogP contribution in [0.15, 0.2) is 24.3 Å². The van der Waals surface area contributed by atoms with Crippen LogP contribution in [0.4, 0.5) is 5.69 Å². The molecule has 0 amide bonds. The van der Waals surface area contributed by atoms with Crippen molar-refractivity contribution >= 4 is 11.7 Å². The van der Waals surface area contributed by atoms with Gasteiger partial charge >= 0.3 is 5.97 Å². The Labute approximate surface area is 128 Å². The Morgan fingerprint density at radius 3 is 2.43 bits per heavy atom. The summed E-state index contributed by atoms with van der Waals surface area (Å²) in [6.45, 7) is 4.83. The number of unbranched alkanes of at least 4 members (excludes halogenated alkanes) is 1. The zero-order valence-electron chi connectivity index (χ0n) is 13.7. The Hall–Kier alpha value is -1.55. The van der Waals surface area contributed by atoms with Crippen molar-refractivity contribution in [1.29, 1.82) is 0 Å². The molecule has 0 aliphatic carbocycles. The summed E-state index contributed by atoms with van der Waals surface area (Å²) in [6.07, 6.45) is 3.60. The van der Waals surface area contributed by atoms with Crippen LogP contribution in [0.3, 0.4) is 0 Å². The largest absolute Gasteiger partial charge is 0.468 e. The number of aryl methyl sites for hydroxylation is 1. The molecule has 2 N–H and O–H groups in total. The van der Waals surface area contributed by atoms with Crippen LogP contribution in [0.25, 0.3) is 0 Å². The van der Waals surface area contributed by atoms with Gasteiger partial charge in [0.15, 0.2) is 0 Å². The molecule has 1 aromatic carbocycles. The van der Waals surface area contributed by atoms with Gasteiger partial charge in [-0.15, -0.1) is 0 Å². The Morgan fingerprint density at radius 1 is 1.29 bits per heavy atom. The second kappa shape index (κ2) is 8.03. The molecule has 0 spiro atoms. The van der Waals surface area contributed by atoms with Crippen molar-refractivity contribution in [2.45, 2.75) is 45.1 Å². The smallest absolute Gasteiger partial charge is 0.325 e. The fourth-order valence-corrected chi connectivity index (χ4v) is 2.29. The van der Waals surface area contributed by atoms with Gasteiger partial charge in [0.25, 0.3) is 0 Å². The van der Waals surface area contributed by atoms with Crippen molar-refractivity contribution in [1.82, 2.24) is 0 Å². The number of benzene rings is 1. The lowest BCUT2D eigenvalue weighted by Gasteiger charge is -2.23. The predicted molar refractivity (Wildman–Crippen MR) is 87.5 cm³/mol. The molecule has 4 nitrogen and oxygen atoms in total. The summed E-state index contributed by atoms with van der Waals surface area (Å²) in [5.74, 6) is -0.342. The normalized spacial score (nSPS) is 13.6. The van der Waals surface area contributed by atoms with Gasteiger partial charge in [0.05, 0.1) is 7.11 Å². The minimum absolute atomic E-state index is 0.342. The van der Waals surface area contributed by atoms with Crippen LogP contribution in [0.5, 0.6) is 0 Å². The van der Waals surface area contributed by atoms with E-state index in [2.05, 4.69) is 43.1 Å². The molecule has 1 aromatic rings. The van der Waals surface area contributed by atoms with Crippen LogP contribution >= 0.6 is 0 Å². The van der Waals surface area contributed by atoms with Crippen LogP contribution in [0.1, 0.15) is 38.7 Å². The third-order valence-corrected chi connectivity index (χ3v) is 3.88. The molecule has 0 aromatic heterocycles. The van der Waals surface area contributed by atoms with Gasteiger partial charge in [-0.25, -0.2) is 0 Å². The highest BCUT2D eigenvalue weighted by molar-refractivity contribution is 5.79. The fourth-order valence-electron chi connectivity index (χ4n) is 2.29. The zero-order chi connectivity index (χ0) is 15.9. The molecule has 1 unspecified atom stereocenters. The van der Waals surface area contributed by atoms with Crippen molar-refractivity contribution in [2.75, 3.05) is 25.6 Å². The first-order valence-electron chi connectivity index (χ1n) is 7.58. The standard InChI is InChI=1S/C17H28N2O2/c1-5-14-8-10-15(11-9-14)19(3)13-7-6-12-17(2,18)16(20)21-4/h8-11H,5-7,12-13,18H2,1-4H3. The average molecular weight is 292 g/mol. The number of methoxy groups -OCH3 is 1. The third kappa shape index (κ3) is 5.38. The lowest BCUT2D eigenvalue weighted by molar-refractivity contribution is -0.146. The number of nitrogens with zero attached hydrogens (tertiary/aromatic N) is 1. The molecule has 0 heterocycles. The topological polar surface area (TPSA) is 55.6 Å². The molecule has 0 saturated heterocycles. The molecule has 0 aliphatic heterocycles. The van der Waals surface area contributed by atoms with Crippen molar-refractivity contribution in [2.24, 2.45) is 5.73 Å². The van der Waals surface area contributed by atoms with E-state index in [0.29, 0.717) is 6.42 Å². The van der Waals surface area contributed by atoms with E-state index in [9.17, 15) is 4.79 Å². The van der Waals surface area contributed by atoms with E-state index < -0.39 is 5.54 Å². The minimum Gasteiger partial charge on any atom is -0.468 e. The Kier molecular flexibility index (Phi) is 6.69. The second-order valence-electron chi connectivity index (χ2n) is 5.81. The maximum absolute atomic E-state index is 11.5. The number of nitrogens with two attached hydrogens (primary N) is 1. The van der Waals surface area contributed by atoms with Gasteiger partial charge in [0, 0.05) is 19.3 Å². The van der Waals surface area contributed by atoms with Crippen molar-refractivity contribution < 1.29 is 9.53 Å². The first kappa shape index (κ1) is 17.5. The van der Waals surface area contributed by atoms with E-state index in [0.717, 1.165) is 25.8 Å². The number of anilines is 1. The van der Waals surface area contributed by atoms with Crippen molar-refractivity contribution in [3.63, 3.8) is 0 Å². The highest BCUT2D eigenvalue weighted by Gasteiger charge is 2.28. The summed E-state index contributed by atoms with van der Waals surface area (Å²) in [6, 6.07) is 8.64. The lowest BCUT2D eigenvalue weighted by atomic mass is 9.96. The van der Waals surface area contributed by atoms with Crippen LogP contribution in [0, 0.1) is 0 Å². The lowest BCUT2D eigenvalue weighted by Crippen LogP contribution is -2.45. The molecule has 0 aliphatic rings.